The van der Waals surface area contributed by atoms with Gasteiger partial charge in [-0.25, -0.2) is 0 Å². The first-order valence-corrected chi connectivity index (χ1v) is 1.62. The second-order valence-electron chi connectivity index (χ2n) is 0.789. The molecule has 0 rings (SSSR count). The summed E-state index contributed by atoms with van der Waals surface area (Å²) in [5.41, 5.74) is 5.03. The molecule has 0 heterocycles. The highest BCUT2D eigenvalue weighted by Crippen LogP contribution is 1.57. The maximum atomic E-state index is 5.03. The second-order valence-corrected chi connectivity index (χ2v) is 0.789. The van der Waals surface area contributed by atoms with E-state index in [4.69, 9.17) is 5.73 Å². The molecule has 0 aromatic rings. The van der Waals surface area contributed by atoms with Gasteiger partial charge in [-0.1, -0.05) is 44.1 Å². The van der Waals surface area contributed by atoms with Crippen molar-refractivity contribution in [2.24, 2.45) is 5.73 Å². The Morgan fingerprint density at radius 3 is 0.846 bits per heavy atom. The summed E-state index contributed by atoms with van der Waals surface area (Å²) in [6.45, 7) is 2.88. The Morgan fingerprint density at radius 1 is 0.769 bits per heavy atom. The van der Waals surface area contributed by atoms with E-state index >= 15 is 0 Å². The van der Waals surface area contributed by atoms with Crippen LogP contribution in [-0.4, -0.2) is 6.54 Å². The van der Waals surface area contributed by atoms with E-state index in [1.807, 2.05) is 0 Å². The van der Waals surface area contributed by atoms with Crippen molar-refractivity contribution in [1.29, 1.82) is 0 Å². The fourth-order valence-corrected chi connectivity index (χ4v) is 0. The highest BCUT2D eigenvalue weighted by molar-refractivity contribution is 5.86. The third kappa shape index (κ3) is 465. The molecule has 0 bridgehead atoms. The lowest BCUT2D eigenvalue weighted by molar-refractivity contribution is 0.932. The van der Waals surface area contributed by atoms with Crippen molar-refractivity contribution in [3.8, 4) is 0 Å². The summed E-state index contributed by atoms with van der Waals surface area (Å²) >= 11 is 0. The average molecular weight is 266 g/mol. The molecule has 5 heteroatoms. The fourth-order valence-electron chi connectivity index (χ4n) is 0. The van der Waals surface area contributed by atoms with Gasteiger partial charge >= 0.3 is 0 Å². The first-order valence-electron chi connectivity index (χ1n) is 1.62. The molecule has 0 unspecified atom stereocenters. The molecule has 98 valence electrons. The van der Waals surface area contributed by atoms with Gasteiger partial charge in [-0.05, 0) is 13.0 Å². The summed E-state index contributed by atoms with van der Waals surface area (Å²) in [7, 11) is 0. The molecule has 0 aliphatic carbocycles. The van der Waals surface area contributed by atoms with Crippen molar-refractivity contribution in [1.82, 2.24) is 6.15 Å². The summed E-state index contributed by atoms with van der Waals surface area (Å²) < 4.78 is 0. The molecule has 0 spiro atoms. The van der Waals surface area contributed by atoms with Crippen LogP contribution in [0.3, 0.4) is 0 Å². The Kier molecular flexibility index (Phi) is 2760. The Bertz CT molecular complexity index is 19.4. The van der Waals surface area contributed by atoms with Crippen LogP contribution in [0.2, 0.25) is 0 Å². The van der Waals surface area contributed by atoms with Gasteiger partial charge in [0.25, 0.3) is 0 Å². The van der Waals surface area contributed by atoms with E-state index in [0.29, 0.717) is 0 Å². The largest absolute Gasteiger partial charge is 0.344 e. The number of hydrogen-bond acceptors (Lipinski definition) is 2. The van der Waals surface area contributed by atoms with Gasteiger partial charge in [0, 0.05) is 0 Å². The monoisotopic (exact) mass is 264 g/mol. The van der Waals surface area contributed by atoms with Crippen LogP contribution < -0.4 is 11.9 Å². The Balaban J connectivity index is -0.00000000125. The molecule has 0 saturated carbocycles. The summed E-state index contributed by atoms with van der Waals surface area (Å²) in [6.07, 6.45) is 1.10. The van der Waals surface area contributed by atoms with Gasteiger partial charge in [0.15, 0.2) is 0 Å². The van der Waals surface area contributed by atoms with Gasteiger partial charge in [-0.2, -0.15) is 0 Å². The molecule has 0 saturated heterocycles. The molecule has 0 aliphatic heterocycles. The lowest BCUT2D eigenvalue weighted by atomic mass is 10.5. The van der Waals surface area contributed by atoms with Gasteiger partial charge in [0.2, 0.25) is 0 Å². The van der Waals surface area contributed by atoms with E-state index in [9.17, 15) is 0 Å². The van der Waals surface area contributed by atoms with Crippen molar-refractivity contribution in [2.45, 2.75) is 50.5 Å². The van der Waals surface area contributed by atoms with Gasteiger partial charge in [0.1, 0.15) is 0 Å². The van der Waals surface area contributed by atoms with Crippen LogP contribution in [0.25, 0.3) is 0 Å². The highest BCUT2D eigenvalue weighted by atomic mass is 35.5. The van der Waals surface area contributed by atoms with Gasteiger partial charge in [-0.15, -0.1) is 37.2 Å². The number of nitrogens with two attached hydrogens (primary N) is 1. The standard InChI is InChI=1S/C3H9N.5CH4.3ClH.H3N/c1-2-3-4;;;;;;;;;/h2-4H2,1H3;5*1H4;3*1H;1H3. The van der Waals surface area contributed by atoms with Crippen molar-refractivity contribution in [2.75, 3.05) is 6.54 Å². The van der Waals surface area contributed by atoms with Crippen molar-refractivity contribution in [3.05, 3.63) is 0 Å². The smallest absolute Gasteiger partial charge is 0.00799 e. The van der Waals surface area contributed by atoms with E-state index in [1.54, 1.807) is 0 Å². The van der Waals surface area contributed by atoms with Crippen molar-refractivity contribution >= 4 is 37.2 Å². The van der Waals surface area contributed by atoms with Crippen LogP contribution in [0.5, 0.6) is 0 Å². The molecule has 0 aromatic carbocycles. The average Bonchev–Trinajstić information content (AvgIpc) is 1.37. The van der Waals surface area contributed by atoms with Crippen LogP contribution >= 0.6 is 37.2 Å². The van der Waals surface area contributed by atoms with Crippen LogP contribution in [0, 0.1) is 0 Å². The summed E-state index contributed by atoms with van der Waals surface area (Å²) in [6, 6.07) is 0. The minimum Gasteiger partial charge on any atom is -0.344 e. The number of rotatable bonds is 1. The third-order valence-electron chi connectivity index (χ3n) is 0.289. The fraction of sp³-hybridized carbons (Fsp3) is 1.00. The van der Waals surface area contributed by atoms with E-state index in [-0.39, 0.29) is 80.5 Å². The lowest BCUT2D eigenvalue weighted by Gasteiger charge is -1.70. The van der Waals surface area contributed by atoms with Crippen LogP contribution in [0.15, 0.2) is 0 Å². The van der Waals surface area contributed by atoms with E-state index in [1.165, 1.54) is 0 Å². The first kappa shape index (κ1) is 157. The molecule has 0 fully saturated rings. The third-order valence-corrected chi connectivity index (χ3v) is 0.289. The lowest BCUT2D eigenvalue weighted by Crippen LogP contribution is -1.93. The quantitative estimate of drug-likeness (QED) is 0.704. The molecule has 0 aliphatic rings. The summed E-state index contributed by atoms with van der Waals surface area (Å²) in [4.78, 5) is 0. The van der Waals surface area contributed by atoms with E-state index in [0.717, 1.165) is 13.0 Å². The van der Waals surface area contributed by atoms with E-state index in [2.05, 4.69) is 6.92 Å². The topological polar surface area (TPSA) is 61.0 Å². The maximum absolute atomic E-state index is 5.03. The molecule has 0 amide bonds. The number of hydrogen-bond donors (Lipinski definition) is 2. The van der Waals surface area contributed by atoms with Crippen LogP contribution in [-0.2, 0) is 0 Å². The maximum Gasteiger partial charge on any atom is -0.00799 e. The molecule has 0 aromatic heterocycles. The Hall–Kier alpha value is 0.790. The van der Waals surface area contributed by atoms with Gasteiger partial charge in [0.05, 0.1) is 0 Å². The van der Waals surface area contributed by atoms with Gasteiger partial charge in [-0.3, -0.25) is 0 Å². The number of halogens is 3. The van der Waals surface area contributed by atoms with Crippen LogP contribution in [0.4, 0.5) is 0 Å². The Labute approximate surface area is 106 Å². The highest BCUT2D eigenvalue weighted by Gasteiger charge is 1.55. The molecular weight excluding hydrogens is 230 g/mol. The Morgan fingerprint density at radius 2 is 0.846 bits per heavy atom. The minimum absolute atomic E-state index is 0. The molecule has 0 atom stereocenters. The molecule has 5 N–H and O–H groups in total. The normalized spacial score (nSPS) is 2.31. The van der Waals surface area contributed by atoms with Crippen molar-refractivity contribution in [3.63, 3.8) is 0 Å². The summed E-state index contributed by atoms with van der Waals surface area (Å²) in [5, 5.41) is 0. The predicted octanol–water partition coefficient (Wildman–Crippen LogP) is 4.96. The van der Waals surface area contributed by atoms with Crippen molar-refractivity contribution < 1.29 is 0 Å². The molecule has 0 radical (unpaired) electrons. The molecular formula is C8H35Cl3N2. The minimum atomic E-state index is 0. The van der Waals surface area contributed by atoms with E-state index < -0.39 is 0 Å². The van der Waals surface area contributed by atoms with Crippen LogP contribution in [0.1, 0.15) is 50.5 Å². The second kappa shape index (κ2) is 228. The molecule has 13 heavy (non-hydrogen) atoms. The van der Waals surface area contributed by atoms with Gasteiger partial charge < -0.3 is 11.9 Å². The molecule has 2 nitrogen and oxygen atoms in total. The SMILES string of the molecule is C.C.C.C.C.CCCN.Cl.Cl.Cl.N. The summed E-state index contributed by atoms with van der Waals surface area (Å²) in [5.74, 6) is 0. The first-order chi connectivity index (χ1) is 1.91. The zero-order chi connectivity index (χ0) is 3.41. The predicted molar refractivity (Wildman–Crippen MR) is 79.8 cm³/mol. The zero-order valence-electron chi connectivity index (χ0n) is 4.92. The zero-order valence-corrected chi connectivity index (χ0v) is 7.37.